The van der Waals surface area contributed by atoms with Gasteiger partial charge >= 0.3 is 0 Å². The maximum absolute atomic E-state index is 13.2. The molecule has 0 amide bonds. The van der Waals surface area contributed by atoms with Crippen LogP contribution >= 0.6 is 0 Å². The van der Waals surface area contributed by atoms with Crippen LogP contribution in [0.1, 0.15) is 22.9 Å². The Morgan fingerprint density at radius 3 is 2.75 bits per heavy atom. The zero-order valence-electron chi connectivity index (χ0n) is 15.2. The molecule has 0 saturated carbocycles. The fourth-order valence-electron chi connectivity index (χ4n) is 3.37. The Kier molecular flexibility index (Phi) is 4.02. The molecule has 6 nitrogen and oxygen atoms in total. The second-order valence-electron chi connectivity index (χ2n) is 6.79. The maximum Gasteiger partial charge on any atom is 0.278 e. The van der Waals surface area contributed by atoms with Crippen molar-refractivity contribution in [3.05, 3.63) is 77.2 Å². The van der Waals surface area contributed by atoms with Gasteiger partial charge in [0.25, 0.3) is 5.89 Å². The van der Waals surface area contributed by atoms with Gasteiger partial charge in [0.05, 0.1) is 18.8 Å². The van der Waals surface area contributed by atoms with Crippen LogP contribution in [0.15, 0.2) is 59.1 Å². The van der Waals surface area contributed by atoms with Crippen LogP contribution in [-0.4, -0.2) is 19.9 Å². The molecule has 0 bridgehead atoms. The lowest BCUT2D eigenvalue weighted by Crippen LogP contribution is -2.21. The molecule has 140 valence electrons. The van der Waals surface area contributed by atoms with Gasteiger partial charge in [0, 0.05) is 5.56 Å². The summed E-state index contributed by atoms with van der Waals surface area (Å²) in [4.78, 5) is 4.51. The van der Waals surface area contributed by atoms with E-state index in [1.807, 2.05) is 41.9 Å². The highest BCUT2D eigenvalue weighted by Crippen LogP contribution is 2.29. The van der Waals surface area contributed by atoms with E-state index in [0.29, 0.717) is 30.6 Å². The average Bonchev–Trinajstić information content (AvgIpc) is 3.35. The molecule has 0 saturated heterocycles. The van der Waals surface area contributed by atoms with Gasteiger partial charge in [0.1, 0.15) is 11.9 Å². The number of rotatable bonds is 3. The van der Waals surface area contributed by atoms with Gasteiger partial charge in [0.15, 0.2) is 5.69 Å². The van der Waals surface area contributed by atoms with Crippen molar-refractivity contribution in [1.82, 2.24) is 19.9 Å². The van der Waals surface area contributed by atoms with E-state index in [-0.39, 0.29) is 11.9 Å². The second-order valence-corrected chi connectivity index (χ2v) is 6.79. The highest BCUT2D eigenvalue weighted by Gasteiger charge is 2.24. The van der Waals surface area contributed by atoms with Crippen LogP contribution in [0.5, 0.6) is 0 Å². The maximum atomic E-state index is 13.2. The van der Waals surface area contributed by atoms with Gasteiger partial charge in [0.2, 0.25) is 5.82 Å². The molecule has 2 aromatic carbocycles. The van der Waals surface area contributed by atoms with Crippen molar-refractivity contribution in [1.29, 1.82) is 0 Å². The van der Waals surface area contributed by atoms with Crippen molar-refractivity contribution in [2.75, 3.05) is 0 Å². The van der Waals surface area contributed by atoms with Gasteiger partial charge in [-0.25, -0.2) is 4.39 Å². The number of hydrogen-bond donors (Lipinski definition) is 0. The van der Waals surface area contributed by atoms with E-state index in [0.717, 1.165) is 22.4 Å². The fraction of sp³-hybridized carbons (Fsp3) is 0.190. The van der Waals surface area contributed by atoms with E-state index in [9.17, 15) is 4.39 Å². The smallest absolute Gasteiger partial charge is 0.278 e. The molecular formula is C21H17FN4O2. The molecule has 28 heavy (non-hydrogen) atoms. The van der Waals surface area contributed by atoms with Crippen LogP contribution in [0.2, 0.25) is 0 Å². The van der Waals surface area contributed by atoms with E-state index in [2.05, 4.69) is 15.2 Å². The molecule has 0 radical (unpaired) electrons. The van der Waals surface area contributed by atoms with Crippen molar-refractivity contribution in [3.8, 4) is 23.0 Å². The molecule has 0 unspecified atom stereocenters. The molecule has 7 heteroatoms. The number of halogens is 1. The molecule has 5 rings (SSSR count). The first kappa shape index (κ1) is 16.8. The number of hydrogen-bond acceptors (Lipinski definition) is 5. The van der Waals surface area contributed by atoms with Gasteiger partial charge in [-0.05, 0) is 36.2 Å². The molecule has 3 heterocycles. The van der Waals surface area contributed by atoms with Gasteiger partial charge in [-0.1, -0.05) is 41.6 Å². The highest BCUT2D eigenvalue weighted by atomic mass is 19.1. The summed E-state index contributed by atoms with van der Waals surface area (Å²) < 4.78 is 26.4. The third-order valence-corrected chi connectivity index (χ3v) is 4.91. The molecule has 0 aliphatic carbocycles. The summed E-state index contributed by atoms with van der Waals surface area (Å²) in [6.07, 6.45) is -0.175. The lowest BCUT2D eigenvalue weighted by molar-refractivity contribution is -0.00116. The van der Waals surface area contributed by atoms with E-state index in [4.69, 9.17) is 9.26 Å². The average molecular weight is 376 g/mol. The zero-order chi connectivity index (χ0) is 19.1. The monoisotopic (exact) mass is 376 g/mol. The molecule has 0 fully saturated rings. The van der Waals surface area contributed by atoms with Crippen molar-refractivity contribution < 1.29 is 13.7 Å². The third kappa shape index (κ3) is 2.99. The van der Waals surface area contributed by atoms with E-state index in [1.165, 1.54) is 12.1 Å². The minimum Gasteiger partial charge on any atom is -0.365 e. The molecular weight excluding hydrogens is 359 g/mol. The van der Waals surface area contributed by atoms with Crippen LogP contribution in [0.4, 0.5) is 4.39 Å². The number of benzene rings is 2. The molecule has 1 aliphatic rings. The molecule has 1 aliphatic heterocycles. The number of fused-ring (bicyclic) bond motifs is 1. The third-order valence-electron chi connectivity index (χ3n) is 4.91. The second kappa shape index (κ2) is 6.69. The molecule has 2 aromatic heterocycles. The predicted molar refractivity (Wildman–Crippen MR) is 99.6 cm³/mol. The summed E-state index contributed by atoms with van der Waals surface area (Å²) in [5.74, 6) is 0.653. The summed E-state index contributed by atoms with van der Waals surface area (Å²) in [6, 6.07) is 16.1. The first-order valence-corrected chi connectivity index (χ1v) is 9.01. The number of aryl methyl sites for hydroxylation is 1. The minimum absolute atomic E-state index is 0.175. The number of aromatic nitrogens is 4. The summed E-state index contributed by atoms with van der Waals surface area (Å²) in [6.45, 7) is 2.96. The standard InChI is InChI=1S/C21H17FN4O2/c1-13-4-2-3-5-17(13)20-23-21(28-25-20)18-10-16-12-27-19(11-26(16)24-18)14-6-8-15(22)9-7-14/h2-10,19H,11-12H2,1H3/t19-/m1/s1. The van der Waals surface area contributed by atoms with Crippen LogP contribution in [-0.2, 0) is 17.9 Å². The largest absolute Gasteiger partial charge is 0.365 e. The Morgan fingerprint density at radius 2 is 1.93 bits per heavy atom. The van der Waals surface area contributed by atoms with Crippen LogP contribution in [0, 0.1) is 12.7 Å². The highest BCUT2D eigenvalue weighted by molar-refractivity contribution is 5.61. The summed E-state index contributed by atoms with van der Waals surface area (Å²) in [5, 5.41) is 8.71. The quantitative estimate of drug-likeness (QED) is 0.533. The SMILES string of the molecule is Cc1ccccc1-c1noc(-c2cc3n(n2)C[C@H](c2ccc(F)cc2)OC3)n1. The topological polar surface area (TPSA) is 66.0 Å². The van der Waals surface area contributed by atoms with Crippen molar-refractivity contribution in [3.63, 3.8) is 0 Å². The van der Waals surface area contributed by atoms with Gasteiger partial charge in [-0.2, -0.15) is 10.1 Å². The Labute approximate surface area is 160 Å². The molecule has 1 atom stereocenters. The Bertz CT molecular complexity index is 1130. The Hall–Kier alpha value is -3.32. The van der Waals surface area contributed by atoms with Crippen LogP contribution in [0.3, 0.4) is 0 Å². The van der Waals surface area contributed by atoms with Gasteiger partial charge in [-0.15, -0.1) is 0 Å². The lowest BCUT2D eigenvalue weighted by atomic mass is 10.1. The summed E-state index contributed by atoms with van der Waals surface area (Å²) in [5.41, 5.74) is 4.48. The minimum atomic E-state index is -0.262. The molecule has 0 spiro atoms. The number of ether oxygens (including phenoxy) is 1. The molecule has 4 aromatic rings. The van der Waals surface area contributed by atoms with Crippen molar-refractivity contribution in [2.45, 2.75) is 26.2 Å². The normalized spacial score (nSPS) is 16.1. The van der Waals surface area contributed by atoms with E-state index < -0.39 is 0 Å². The first-order valence-electron chi connectivity index (χ1n) is 9.01. The molecule has 0 N–H and O–H groups in total. The number of nitrogens with zero attached hydrogens (tertiary/aromatic N) is 4. The van der Waals surface area contributed by atoms with Crippen LogP contribution < -0.4 is 0 Å². The van der Waals surface area contributed by atoms with Gasteiger partial charge in [-0.3, -0.25) is 4.68 Å². The van der Waals surface area contributed by atoms with Crippen molar-refractivity contribution >= 4 is 0 Å². The van der Waals surface area contributed by atoms with Crippen LogP contribution in [0.25, 0.3) is 23.0 Å². The predicted octanol–water partition coefficient (Wildman–Crippen LogP) is 4.32. The Morgan fingerprint density at radius 1 is 1.11 bits per heavy atom. The van der Waals surface area contributed by atoms with Crippen molar-refractivity contribution in [2.24, 2.45) is 0 Å². The summed E-state index contributed by atoms with van der Waals surface area (Å²) in [7, 11) is 0. The van der Waals surface area contributed by atoms with Gasteiger partial charge < -0.3 is 9.26 Å². The van der Waals surface area contributed by atoms with E-state index in [1.54, 1.807) is 12.1 Å². The van der Waals surface area contributed by atoms with E-state index >= 15 is 0 Å². The summed E-state index contributed by atoms with van der Waals surface area (Å²) >= 11 is 0. The zero-order valence-corrected chi connectivity index (χ0v) is 15.2. The lowest BCUT2D eigenvalue weighted by Gasteiger charge is -2.24. The Balaban J connectivity index is 1.41. The first-order chi connectivity index (χ1) is 13.7. The fourth-order valence-corrected chi connectivity index (χ4v) is 3.37.